The van der Waals surface area contributed by atoms with Gasteiger partial charge >= 0.3 is 0 Å². The van der Waals surface area contributed by atoms with Crippen LogP contribution in [0.15, 0.2) is 18.2 Å². The Balaban J connectivity index is 2.20. The summed E-state index contributed by atoms with van der Waals surface area (Å²) in [7, 11) is 0. The van der Waals surface area contributed by atoms with Crippen LogP contribution in [-0.2, 0) is 0 Å². The lowest BCUT2D eigenvalue weighted by molar-refractivity contribution is 0.0579. The Morgan fingerprint density at radius 3 is 2.79 bits per heavy atom. The number of phenols is 1. The van der Waals surface area contributed by atoms with Gasteiger partial charge in [0.25, 0.3) is 5.91 Å². The van der Waals surface area contributed by atoms with Crippen molar-refractivity contribution in [1.29, 1.82) is 0 Å². The normalized spacial score (nSPS) is 15.1. The van der Waals surface area contributed by atoms with Crippen molar-refractivity contribution in [2.75, 3.05) is 12.4 Å². The van der Waals surface area contributed by atoms with E-state index in [1.165, 1.54) is 6.42 Å². The van der Waals surface area contributed by atoms with E-state index in [1.54, 1.807) is 25.1 Å². The van der Waals surface area contributed by atoms with E-state index in [0.29, 0.717) is 29.6 Å². The van der Waals surface area contributed by atoms with Crippen LogP contribution in [-0.4, -0.2) is 34.4 Å². The van der Waals surface area contributed by atoms with Crippen LogP contribution in [0, 0.1) is 6.92 Å². The highest BCUT2D eigenvalue weighted by Crippen LogP contribution is 2.28. The summed E-state index contributed by atoms with van der Waals surface area (Å²) in [5.74, 6) is 0.759. The van der Waals surface area contributed by atoms with Crippen molar-refractivity contribution in [2.45, 2.75) is 38.6 Å². The number of phenolic OH excluding ortho intramolecular Hbond substituents is 1. The molecule has 1 aliphatic rings. The maximum absolute atomic E-state index is 12.6. The number of hydrogen-bond donors (Lipinski definition) is 1. The largest absolute Gasteiger partial charge is 0.508 e. The van der Waals surface area contributed by atoms with Crippen LogP contribution in [0.3, 0.4) is 0 Å². The number of aromatic hydroxyl groups is 1. The summed E-state index contributed by atoms with van der Waals surface area (Å²) in [5, 5.41) is 9.72. The van der Waals surface area contributed by atoms with E-state index in [4.69, 9.17) is 11.6 Å². The van der Waals surface area contributed by atoms with Gasteiger partial charge in [-0.15, -0.1) is 11.6 Å². The van der Waals surface area contributed by atoms with Gasteiger partial charge < -0.3 is 10.0 Å². The van der Waals surface area contributed by atoms with E-state index in [1.807, 2.05) is 4.90 Å². The lowest BCUT2D eigenvalue weighted by Gasteiger charge is -2.38. The number of hydrogen-bond acceptors (Lipinski definition) is 2. The summed E-state index contributed by atoms with van der Waals surface area (Å²) in [4.78, 5) is 14.6. The van der Waals surface area contributed by atoms with Crippen molar-refractivity contribution < 1.29 is 9.90 Å². The molecule has 0 atom stereocenters. The van der Waals surface area contributed by atoms with Gasteiger partial charge in [-0.05, 0) is 44.7 Å². The smallest absolute Gasteiger partial charge is 0.254 e. The van der Waals surface area contributed by atoms with Crippen LogP contribution in [0.4, 0.5) is 0 Å². The Hall–Kier alpha value is -1.22. The van der Waals surface area contributed by atoms with Gasteiger partial charge in [-0.3, -0.25) is 4.79 Å². The number of rotatable bonds is 5. The molecule has 0 aliphatic heterocycles. The summed E-state index contributed by atoms with van der Waals surface area (Å²) in [6.07, 6.45) is 4.15. The topological polar surface area (TPSA) is 40.5 Å². The molecule has 0 saturated heterocycles. The molecular weight excluding hydrogens is 262 g/mol. The molecule has 2 rings (SSSR count). The first-order valence-corrected chi connectivity index (χ1v) is 7.34. The quantitative estimate of drug-likeness (QED) is 0.841. The Labute approximate surface area is 119 Å². The Morgan fingerprint density at radius 2 is 2.21 bits per heavy atom. The fourth-order valence-electron chi connectivity index (χ4n) is 2.39. The van der Waals surface area contributed by atoms with E-state index in [2.05, 4.69) is 0 Å². The Kier molecular flexibility index (Phi) is 4.70. The molecular formula is C15H20ClNO2. The van der Waals surface area contributed by atoms with Gasteiger partial charge in [0, 0.05) is 29.6 Å². The summed E-state index contributed by atoms with van der Waals surface area (Å²) in [5.41, 5.74) is 1.25. The van der Waals surface area contributed by atoms with E-state index < -0.39 is 0 Å². The molecule has 0 bridgehead atoms. The van der Waals surface area contributed by atoms with E-state index in [9.17, 15) is 9.90 Å². The number of benzene rings is 1. The maximum Gasteiger partial charge on any atom is 0.254 e. The van der Waals surface area contributed by atoms with Crippen LogP contribution in [0.2, 0.25) is 0 Å². The van der Waals surface area contributed by atoms with Crippen molar-refractivity contribution in [2.24, 2.45) is 0 Å². The number of halogens is 1. The standard InChI is InChI=1S/C15H20ClNO2/c1-11-13(7-3-8-14(11)18)15(19)17(10-4-9-16)12-5-2-6-12/h3,7-8,12,18H,2,4-6,9-10H2,1H3. The van der Waals surface area contributed by atoms with Crippen LogP contribution in [0.25, 0.3) is 0 Å². The Morgan fingerprint density at radius 1 is 1.47 bits per heavy atom. The van der Waals surface area contributed by atoms with Crippen LogP contribution in [0.5, 0.6) is 5.75 Å². The maximum atomic E-state index is 12.6. The second kappa shape index (κ2) is 6.29. The van der Waals surface area contributed by atoms with Crippen LogP contribution < -0.4 is 0 Å². The minimum atomic E-state index is 0.0169. The molecule has 1 saturated carbocycles. The number of nitrogens with zero attached hydrogens (tertiary/aromatic N) is 1. The lowest BCUT2D eigenvalue weighted by Crippen LogP contribution is -2.45. The fourth-order valence-corrected chi connectivity index (χ4v) is 2.51. The van der Waals surface area contributed by atoms with Gasteiger partial charge in [-0.25, -0.2) is 0 Å². The number of alkyl halides is 1. The Bertz CT molecular complexity index is 457. The molecule has 0 aromatic heterocycles. The average Bonchev–Trinajstić information content (AvgIpc) is 2.34. The predicted octanol–water partition coefficient (Wildman–Crippen LogP) is 3.32. The zero-order chi connectivity index (χ0) is 13.8. The molecule has 104 valence electrons. The highest BCUT2D eigenvalue weighted by Gasteiger charge is 2.29. The summed E-state index contributed by atoms with van der Waals surface area (Å²) in [6.45, 7) is 2.48. The first-order chi connectivity index (χ1) is 9.15. The minimum absolute atomic E-state index is 0.0169. The van der Waals surface area contributed by atoms with Gasteiger partial charge in [0.15, 0.2) is 0 Å². The van der Waals surface area contributed by atoms with Gasteiger partial charge in [0.05, 0.1) is 0 Å². The third-order valence-electron chi connectivity index (χ3n) is 3.84. The molecule has 0 spiro atoms. The summed E-state index contributed by atoms with van der Waals surface area (Å²) < 4.78 is 0. The highest BCUT2D eigenvalue weighted by molar-refractivity contribution is 6.17. The second-order valence-corrected chi connectivity index (χ2v) is 5.45. The number of amides is 1. The van der Waals surface area contributed by atoms with E-state index in [0.717, 1.165) is 19.3 Å². The van der Waals surface area contributed by atoms with Gasteiger partial charge in [0.1, 0.15) is 5.75 Å². The highest BCUT2D eigenvalue weighted by atomic mass is 35.5. The summed E-state index contributed by atoms with van der Waals surface area (Å²) >= 11 is 5.74. The minimum Gasteiger partial charge on any atom is -0.508 e. The molecule has 19 heavy (non-hydrogen) atoms. The molecule has 1 aromatic rings. The zero-order valence-electron chi connectivity index (χ0n) is 11.2. The number of carbonyl (C=O) groups excluding carboxylic acids is 1. The molecule has 1 amide bonds. The van der Waals surface area contributed by atoms with E-state index in [-0.39, 0.29) is 11.7 Å². The lowest BCUT2D eigenvalue weighted by atomic mass is 9.90. The van der Waals surface area contributed by atoms with Gasteiger partial charge in [0.2, 0.25) is 0 Å². The average molecular weight is 282 g/mol. The molecule has 1 N–H and O–H groups in total. The molecule has 0 heterocycles. The van der Waals surface area contributed by atoms with E-state index >= 15 is 0 Å². The fraction of sp³-hybridized carbons (Fsp3) is 0.533. The molecule has 1 aromatic carbocycles. The van der Waals surface area contributed by atoms with Crippen molar-refractivity contribution >= 4 is 17.5 Å². The monoisotopic (exact) mass is 281 g/mol. The first-order valence-electron chi connectivity index (χ1n) is 6.80. The third-order valence-corrected chi connectivity index (χ3v) is 4.11. The van der Waals surface area contributed by atoms with Crippen LogP contribution >= 0.6 is 11.6 Å². The first kappa shape index (κ1) is 14.2. The van der Waals surface area contributed by atoms with Crippen molar-refractivity contribution in [3.8, 4) is 5.75 Å². The third kappa shape index (κ3) is 3.03. The van der Waals surface area contributed by atoms with Crippen molar-refractivity contribution in [3.63, 3.8) is 0 Å². The molecule has 4 heteroatoms. The van der Waals surface area contributed by atoms with Gasteiger partial charge in [-0.1, -0.05) is 6.07 Å². The molecule has 3 nitrogen and oxygen atoms in total. The predicted molar refractivity (Wildman–Crippen MR) is 76.9 cm³/mol. The molecule has 0 radical (unpaired) electrons. The number of carbonyl (C=O) groups is 1. The summed E-state index contributed by atoms with van der Waals surface area (Å²) in [6, 6.07) is 5.45. The molecule has 1 fully saturated rings. The zero-order valence-corrected chi connectivity index (χ0v) is 12.0. The molecule has 0 unspecified atom stereocenters. The van der Waals surface area contributed by atoms with Crippen molar-refractivity contribution in [1.82, 2.24) is 4.90 Å². The van der Waals surface area contributed by atoms with Gasteiger partial charge in [-0.2, -0.15) is 0 Å². The van der Waals surface area contributed by atoms with Crippen molar-refractivity contribution in [3.05, 3.63) is 29.3 Å². The second-order valence-electron chi connectivity index (χ2n) is 5.08. The SMILES string of the molecule is Cc1c(O)cccc1C(=O)N(CCCCl)C1CCC1. The molecule has 1 aliphatic carbocycles. The van der Waals surface area contributed by atoms with Crippen LogP contribution in [0.1, 0.15) is 41.6 Å².